The molecular formula is C22H36F3N3O7. The molecule has 0 spiro atoms. The molecule has 13 heteroatoms. The van der Waals surface area contributed by atoms with Crippen LogP contribution in [0.4, 0.5) is 13.2 Å². The van der Waals surface area contributed by atoms with Gasteiger partial charge in [-0.2, -0.15) is 13.2 Å². The number of amides is 1. The van der Waals surface area contributed by atoms with Gasteiger partial charge in [-0.3, -0.25) is 4.79 Å². The number of hydrogen-bond acceptors (Lipinski definition) is 8. The molecule has 0 radical (unpaired) electrons. The van der Waals surface area contributed by atoms with Crippen molar-refractivity contribution in [3.05, 3.63) is 35.9 Å². The second-order valence-electron chi connectivity index (χ2n) is 7.33. The summed E-state index contributed by atoms with van der Waals surface area (Å²) in [4.78, 5) is 20.6. The first-order chi connectivity index (χ1) is 16.6. The van der Waals surface area contributed by atoms with Gasteiger partial charge in [0.2, 0.25) is 5.91 Å². The van der Waals surface area contributed by atoms with Crippen LogP contribution in [0.1, 0.15) is 24.8 Å². The number of aliphatic hydroxyl groups excluding tert-OH is 1. The minimum absolute atomic E-state index is 0.171. The van der Waals surface area contributed by atoms with Crippen molar-refractivity contribution in [3.8, 4) is 0 Å². The van der Waals surface area contributed by atoms with Gasteiger partial charge in [-0.1, -0.05) is 36.8 Å². The Morgan fingerprint density at radius 3 is 2.20 bits per heavy atom. The van der Waals surface area contributed by atoms with E-state index < -0.39 is 24.3 Å². The number of aliphatic carboxylic acids is 1. The van der Waals surface area contributed by atoms with Crippen LogP contribution in [0, 0.1) is 0 Å². The molecule has 1 aromatic rings. The number of aliphatic hydroxyl groups is 1. The van der Waals surface area contributed by atoms with Crippen molar-refractivity contribution in [1.29, 1.82) is 0 Å². The minimum Gasteiger partial charge on any atom is -0.475 e. The number of carbonyl (C=O) groups excluding carboxylic acids is 1. The van der Waals surface area contributed by atoms with Gasteiger partial charge in [0, 0.05) is 6.54 Å². The van der Waals surface area contributed by atoms with E-state index in [0.717, 1.165) is 18.4 Å². The molecule has 2 atom stereocenters. The Morgan fingerprint density at radius 1 is 1.00 bits per heavy atom. The van der Waals surface area contributed by atoms with Crippen molar-refractivity contribution < 1.29 is 47.2 Å². The molecule has 0 aliphatic rings. The summed E-state index contributed by atoms with van der Waals surface area (Å²) in [6.45, 7) is 3.01. The molecular weight excluding hydrogens is 475 g/mol. The highest BCUT2D eigenvalue weighted by molar-refractivity contribution is 5.81. The van der Waals surface area contributed by atoms with E-state index in [1.807, 2.05) is 30.3 Å². The normalized spacial score (nSPS) is 12.9. The second-order valence-corrected chi connectivity index (χ2v) is 7.33. The largest absolute Gasteiger partial charge is 0.490 e. The monoisotopic (exact) mass is 511 g/mol. The standard InChI is InChI=1S/C20H35N3O5.C2HF3O2/c21-9-5-4-8-19(22)20(25)23-10-11-26-12-13-27-15-18(24)16-28-14-17-6-2-1-3-7-17;3-2(4,5)1(6)7/h1-3,6-7,18-19,24H,4-5,8-16,21-22H2,(H,23,25);(H,6,7). The van der Waals surface area contributed by atoms with Crippen molar-refractivity contribution >= 4 is 11.9 Å². The lowest BCUT2D eigenvalue weighted by atomic mass is 10.1. The highest BCUT2D eigenvalue weighted by atomic mass is 19.4. The first kappa shape index (κ1) is 32.7. The van der Waals surface area contributed by atoms with Crippen LogP contribution in [0.3, 0.4) is 0 Å². The molecule has 1 aromatic carbocycles. The highest BCUT2D eigenvalue weighted by Gasteiger charge is 2.38. The zero-order valence-electron chi connectivity index (χ0n) is 19.5. The number of hydrogen-bond donors (Lipinski definition) is 5. The summed E-state index contributed by atoms with van der Waals surface area (Å²) < 4.78 is 47.9. The first-order valence-corrected chi connectivity index (χ1v) is 11.1. The molecule has 0 aliphatic heterocycles. The topological polar surface area (TPSA) is 166 Å². The quantitative estimate of drug-likeness (QED) is 0.190. The van der Waals surface area contributed by atoms with Crippen molar-refractivity contribution in [3.63, 3.8) is 0 Å². The van der Waals surface area contributed by atoms with Crippen LogP contribution in [0.25, 0.3) is 0 Å². The van der Waals surface area contributed by atoms with Gasteiger partial charge in [0.25, 0.3) is 0 Å². The first-order valence-electron chi connectivity index (χ1n) is 11.1. The Bertz CT molecular complexity index is 682. The number of carbonyl (C=O) groups is 2. The van der Waals surface area contributed by atoms with Crippen molar-refractivity contribution in [2.75, 3.05) is 46.1 Å². The van der Waals surface area contributed by atoms with E-state index in [4.69, 9.17) is 35.6 Å². The van der Waals surface area contributed by atoms with Crippen LogP contribution in [0.15, 0.2) is 30.3 Å². The number of benzene rings is 1. The Hall–Kier alpha value is -2.29. The van der Waals surface area contributed by atoms with E-state index in [1.54, 1.807) is 0 Å². The minimum atomic E-state index is -5.08. The van der Waals surface area contributed by atoms with Crippen LogP contribution < -0.4 is 16.8 Å². The van der Waals surface area contributed by atoms with Gasteiger partial charge in [-0.25, -0.2) is 4.79 Å². The smallest absolute Gasteiger partial charge is 0.475 e. The maximum absolute atomic E-state index is 11.7. The average molecular weight is 512 g/mol. The molecule has 0 bridgehead atoms. The molecule has 7 N–H and O–H groups in total. The third-order valence-corrected chi connectivity index (χ3v) is 4.20. The Labute approximate surface area is 202 Å². The van der Waals surface area contributed by atoms with Crippen molar-refractivity contribution in [2.24, 2.45) is 11.5 Å². The van der Waals surface area contributed by atoms with Gasteiger partial charge in [-0.05, 0) is 24.9 Å². The molecule has 0 saturated heterocycles. The molecule has 202 valence electrons. The molecule has 35 heavy (non-hydrogen) atoms. The fourth-order valence-corrected chi connectivity index (χ4v) is 2.39. The molecule has 0 aliphatic carbocycles. The number of nitrogens with two attached hydrogens (primary N) is 2. The number of nitrogens with one attached hydrogen (secondary N) is 1. The van der Waals surface area contributed by atoms with E-state index in [-0.39, 0.29) is 19.1 Å². The van der Waals surface area contributed by atoms with E-state index in [9.17, 15) is 23.1 Å². The molecule has 1 amide bonds. The van der Waals surface area contributed by atoms with Crippen molar-refractivity contribution in [1.82, 2.24) is 5.32 Å². The number of rotatable bonds is 17. The van der Waals surface area contributed by atoms with Crippen LogP contribution in [0.5, 0.6) is 0 Å². The number of ether oxygens (including phenoxy) is 3. The Balaban J connectivity index is 0.00000143. The number of carboxylic acids is 1. The van der Waals surface area contributed by atoms with Gasteiger partial charge in [0.05, 0.1) is 45.7 Å². The van der Waals surface area contributed by atoms with E-state index in [0.29, 0.717) is 45.9 Å². The predicted octanol–water partition coefficient (Wildman–Crippen LogP) is 0.803. The van der Waals surface area contributed by atoms with E-state index in [1.165, 1.54) is 0 Å². The summed E-state index contributed by atoms with van der Waals surface area (Å²) in [5.41, 5.74) is 12.3. The van der Waals surface area contributed by atoms with E-state index in [2.05, 4.69) is 5.32 Å². The zero-order chi connectivity index (χ0) is 26.5. The van der Waals surface area contributed by atoms with Crippen LogP contribution in [0.2, 0.25) is 0 Å². The van der Waals surface area contributed by atoms with Crippen LogP contribution in [-0.2, 0) is 30.4 Å². The summed E-state index contributed by atoms with van der Waals surface area (Å²) in [6.07, 6.45) is -3.40. The maximum atomic E-state index is 11.7. The molecule has 0 heterocycles. The van der Waals surface area contributed by atoms with Crippen LogP contribution in [-0.4, -0.2) is 86.5 Å². The molecule has 1 rings (SSSR count). The fraction of sp³-hybridized carbons (Fsp3) is 0.636. The number of unbranched alkanes of at least 4 members (excludes halogenated alkanes) is 1. The van der Waals surface area contributed by atoms with Crippen molar-refractivity contribution in [2.45, 2.75) is 44.2 Å². The fourth-order valence-electron chi connectivity index (χ4n) is 2.39. The number of halogens is 3. The summed E-state index contributed by atoms with van der Waals surface area (Å²) >= 11 is 0. The van der Waals surface area contributed by atoms with E-state index >= 15 is 0 Å². The zero-order valence-corrected chi connectivity index (χ0v) is 19.5. The Kier molecular flexibility index (Phi) is 18.7. The summed E-state index contributed by atoms with van der Waals surface area (Å²) in [6, 6.07) is 9.28. The van der Waals surface area contributed by atoms with Crippen LogP contribution >= 0.6 is 0 Å². The maximum Gasteiger partial charge on any atom is 0.490 e. The summed E-state index contributed by atoms with van der Waals surface area (Å²) in [7, 11) is 0. The lowest BCUT2D eigenvalue weighted by Gasteiger charge is -2.13. The molecule has 10 nitrogen and oxygen atoms in total. The second kappa shape index (κ2) is 20.0. The summed E-state index contributed by atoms with van der Waals surface area (Å²) in [5, 5.41) is 19.7. The molecule has 0 fully saturated rings. The molecule has 0 saturated carbocycles. The number of alkyl halides is 3. The van der Waals surface area contributed by atoms with Gasteiger partial charge >= 0.3 is 12.1 Å². The highest BCUT2D eigenvalue weighted by Crippen LogP contribution is 2.13. The Morgan fingerprint density at radius 2 is 1.60 bits per heavy atom. The van der Waals surface area contributed by atoms with Gasteiger partial charge < -0.3 is 41.2 Å². The third-order valence-electron chi connectivity index (χ3n) is 4.20. The lowest BCUT2D eigenvalue weighted by molar-refractivity contribution is -0.192. The summed E-state index contributed by atoms with van der Waals surface area (Å²) in [5.74, 6) is -2.93. The molecule has 0 aromatic heterocycles. The number of carboxylic acid groups (broad SMARTS) is 1. The van der Waals surface area contributed by atoms with Gasteiger partial charge in [0.1, 0.15) is 6.10 Å². The third kappa shape index (κ3) is 19.7. The predicted molar refractivity (Wildman–Crippen MR) is 121 cm³/mol. The van der Waals surface area contributed by atoms with Gasteiger partial charge in [0.15, 0.2) is 0 Å². The molecule has 2 unspecified atom stereocenters. The average Bonchev–Trinajstić information content (AvgIpc) is 2.81. The lowest BCUT2D eigenvalue weighted by Crippen LogP contribution is -2.41. The SMILES string of the molecule is NCCCCC(N)C(=O)NCCOCCOCC(O)COCc1ccccc1.O=C(O)C(F)(F)F. The van der Waals surface area contributed by atoms with Gasteiger partial charge in [-0.15, -0.1) is 0 Å².